The van der Waals surface area contributed by atoms with Crippen molar-refractivity contribution in [2.75, 3.05) is 11.3 Å². The van der Waals surface area contributed by atoms with Gasteiger partial charge in [-0.05, 0) is 46.5 Å². The number of ketones is 1. The maximum atomic E-state index is 12.6. The second kappa shape index (κ2) is 8.71. The minimum absolute atomic E-state index is 0.197. The first kappa shape index (κ1) is 20.8. The lowest BCUT2D eigenvalue weighted by Gasteiger charge is -2.09. The zero-order valence-corrected chi connectivity index (χ0v) is 17.8. The van der Waals surface area contributed by atoms with Crippen LogP contribution >= 0.6 is 11.3 Å². The van der Waals surface area contributed by atoms with Crippen LogP contribution in [0.4, 0.5) is 5.69 Å². The van der Waals surface area contributed by atoms with Crippen LogP contribution in [-0.2, 0) is 14.8 Å². The van der Waals surface area contributed by atoms with Crippen molar-refractivity contribution >= 4 is 49.6 Å². The largest absolute Gasteiger partial charge is 0.454 e. The van der Waals surface area contributed by atoms with Crippen LogP contribution in [0, 0.1) is 0 Å². The standard InChI is InChI=1S/C23H17NO5S2/c25-21(20-8-3-6-16-5-1-2-7-19(16)20)15-29-23(26)17-10-12-18(13-11-17)24-31(27,28)22-9-4-14-30-22/h1-14,24H,15H2. The Morgan fingerprint density at radius 3 is 2.35 bits per heavy atom. The zero-order valence-electron chi connectivity index (χ0n) is 16.1. The van der Waals surface area contributed by atoms with Crippen molar-refractivity contribution < 1.29 is 22.7 Å². The van der Waals surface area contributed by atoms with Crippen molar-refractivity contribution in [3.8, 4) is 0 Å². The van der Waals surface area contributed by atoms with Gasteiger partial charge in [-0.3, -0.25) is 9.52 Å². The lowest BCUT2D eigenvalue weighted by Crippen LogP contribution is -2.15. The van der Waals surface area contributed by atoms with Crippen LogP contribution < -0.4 is 4.72 Å². The van der Waals surface area contributed by atoms with Gasteiger partial charge >= 0.3 is 5.97 Å². The molecule has 0 atom stereocenters. The van der Waals surface area contributed by atoms with Crippen LogP contribution in [0.3, 0.4) is 0 Å². The maximum Gasteiger partial charge on any atom is 0.338 e. The third kappa shape index (κ3) is 4.65. The molecule has 4 rings (SSSR count). The fourth-order valence-corrected chi connectivity index (χ4v) is 5.11. The molecule has 0 aliphatic rings. The number of hydrogen-bond acceptors (Lipinski definition) is 6. The first-order valence-electron chi connectivity index (χ1n) is 9.28. The number of nitrogens with one attached hydrogen (secondary N) is 1. The summed E-state index contributed by atoms with van der Waals surface area (Å²) in [6, 6.07) is 21.9. The molecule has 1 heterocycles. The number of hydrogen-bond donors (Lipinski definition) is 1. The molecular weight excluding hydrogens is 434 g/mol. The minimum atomic E-state index is -3.67. The molecule has 0 fully saturated rings. The Hall–Kier alpha value is -3.49. The summed E-state index contributed by atoms with van der Waals surface area (Å²) in [7, 11) is -3.67. The molecule has 0 radical (unpaired) electrons. The SMILES string of the molecule is O=C(OCC(=O)c1cccc2ccccc12)c1ccc(NS(=O)(=O)c2cccs2)cc1. The highest BCUT2D eigenvalue weighted by molar-refractivity contribution is 7.94. The van der Waals surface area contributed by atoms with Crippen LogP contribution in [0.1, 0.15) is 20.7 Å². The Bertz CT molecular complexity index is 1340. The molecule has 8 heteroatoms. The molecule has 31 heavy (non-hydrogen) atoms. The maximum absolute atomic E-state index is 12.6. The number of benzene rings is 3. The Labute approximate surface area is 183 Å². The quantitative estimate of drug-likeness (QED) is 0.324. The number of thiophene rings is 1. The third-order valence-corrected chi connectivity index (χ3v) is 7.34. The summed E-state index contributed by atoms with van der Waals surface area (Å²) < 4.78 is 32.3. The average Bonchev–Trinajstić information content (AvgIpc) is 3.33. The van der Waals surface area contributed by atoms with E-state index in [1.54, 1.807) is 23.6 Å². The molecular formula is C23H17NO5S2. The van der Waals surface area contributed by atoms with Crippen LogP contribution in [0.2, 0.25) is 0 Å². The van der Waals surface area contributed by atoms with Crippen molar-refractivity contribution in [2.24, 2.45) is 0 Å². The summed E-state index contributed by atoms with van der Waals surface area (Å²) in [6.45, 7) is -0.389. The van der Waals surface area contributed by atoms with Crippen molar-refractivity contribution in [3.63, 3.8) is 0 Å². The van der Waals surface area contributed by atoms with Gasteiger partial charge in [0, 0.05) is 11.3 Å². The number of fused-ring (bicyclic) bond motifs is 1. The Morgan fingerprint density at radius 1 is 0.871 bits per heavy atom. The Kier molecular flexibility index (Phi) is 5.83. The smallest absolute Gasteiger partial charge is 0.338 e. The van der Waals surface area contributed by atoms with Gasteiger partial charge in [0.15, 0.2) is 6.61 Å². The molecule has 6 nitrogen and oxygen atoms in total. The van der Waals surface area contributed by atoms with Gasteiger partial charge in [0.1, 0.15) is 4.21 Å². The van der Waals surface area contributed by atoms with Crippen LogP contribution in [0.25, 0.3) is 10.8 Å². The molecule has 1 aromatic heterocycles. The molecule has 0 saturated carbocycles. The van der Waals surface area contributed by atoms with Crippen molar-refractivity contribution in [1.82, 2.24) is 0 Å². The van der Waals surface area contributed by atoms with Crippen LogP contribution in [0.5, 0.6) is 0 Å². The first-order valence-corrected chi connectivity index (χ1v) is 11.6. The van der Waals surface area contributed by atoms with Gasteiger partial charge in [0.25, 0.3) is 10.0 Å². The highest BCUT2D eigenvalue weighted by atomic mass is 32.2. The fourth-order valence-electron chi connectivity index (χ4n) is 3.06. The zero-order chi connectivity index (χ0) is 21.8. The highest BCUT2D eigenvalue weighted by Crippen LogP contribution is 2.21. The number of sulfonamides is 1. The second-order valence-corrected chi connectivity index (χ2v) is 9.50. The van der Waals surface area contributed by atoms with Gasteiger partial charge in [-0.1, -0.05) is 48.5 Å². The van der Waals surface area contributed by atoms with Crippen LogP contribution in [-0.4, -0.2) is 26.8 Å². The normalized spacial score (nSPS) is 11.2. The van der Waals surface area contributed by atoms with Gasteiger partial charge < -0.3 is 4.74 Å². The molecule has 0 unspecified atom stereocenters. The van der Waals surface area contributed by atoms with Gasteiger partial charge in [0.05, 0.1) is 5.56 Å². The molecule has 3 aromatic carbocycles. The summed E-state index contributed by atoms with van der Waals surface area (Å²) in [4.78, 5) is 24.9. The lowest BCUT2D eigenvalue weighted by molar-refractivity contribution is 0.0475. The molecule has 1 N–H and O–H groups in total. The number of ether oxygens (including phenoxy) is 1. The van der Waals surface area contributed by atoms with E-state index < -0.39 is 16.0 Å². The molecule has 0 aliphatic carbocycles. The predicted octanol–water partition coefficient (Wildman–Crippen LogP) is 4.74. The van der Waals surface area contributed by atoms with Crippen molar-refractivity contribution in [2.45, 2.75) is 4.21 Å². The topological polar surface area (TPSA) is 89.5 Å². The summed E-state index contributed by atoms with van der Waals surface area (Å²) in [5, 5.41) is 3.40. The molecule has 0 spiro atoms. The summed E-state index contributed by atoms with van der Waals surface area (Å²) in [6.07, 6.45) is 0. The van der Waals surface area contributed by atoms with Crippen molar-refractivity contribution in [3.05, 3.63) is 95.4 Å². The Morgan fingerprint density at radius 2 is 1.61 bits per heavy atom. The fraction of sp³-hybridized carbons (Fsp3) is 0.0435. The van der Waals surface area contributed by atoms with Gasteiger partial charge in [0.2, 0.25) is 5.78 Å². The molecule has 156 valence electrons. The Balaban J connectivity index is 1.40. The van der Waals surface area contributed by atoms with E-state index in [1.165, 1.54) is 30.3 Å². The number of carbonyl (C=O) groups excluding carboxylic acids is 2. The van der Waals surface area contributed by atoms with E-state index in [9.17, 15) is 18.0 Å². The van der Waals surface area contributed by atoms with Crippen LogP contribution in [0.15, 0.2) is 88.5 Å². The monoisotopic (exact) mass is 451 g/mol. The third-order valence-electron chi connectivity index (χ3n) is 4.56. The molecule has 0 aliphatic heterocycles. The molecule has 4 aromatic rings. The molecule has 0 amide bonds. The van der Waals surface area contributed by atoms with E-state index in [2.05, 4.69) is 4.72 Å². The van der Waals surface area contributed by atoms with E-state index in [0.717, 1.165) is 22.1 Å². The highest BCUT2D eigenvalue weighted by Gasteiger charge is 2.17. The number of carbonyl (C=O) groups is 2. The van der Waals surface area contributed by atoms with E-state index in [1.807, 2.05) is 30.3 Å². The summed E-state index contributed by atoms with van der Waals surface area (Å²) in [5.74, 6) is -0.966. The number of rotatable bonds is 7. The van der Waals surface area contributed by atoms with E-state index >= 15 is 0 Å². The lowest BCUT2D eigenvalue weighted by atomic mass is 10.0. The van der Waals surface area contributed by atoms with Crippen molar-refractivity contribution in [1.29, 1.82) is 0 Å². The first-order chi connectivity index (χ1) is 14.9. The predicted molar refractivity (Wildman–Crippen MR) is 120 cm³/mol. The summed E-state index contributed by atoms with van der Waals surface area (Å²) in [5.41, 5.74) is 1.02. The van der Waals surface area contributed by atoms with Gasteiger partial charge in [-0.15, -0.1) is 11.3 Å². The van der Waals surface area contributed by atoms with Gasteiger partial charge in [-0.2, -0.15) is 0 Å². The molecule has 0 saturated heterocycles. The van der Waals surface area contributed by atoms with E-state index in [-0.39, 0.29) is 22.2 Å². The molecule has 0 bridgehead atoms. The summed E-state index contributed by atoms with van der Waals surface area (Å²) >= 11 is 1.11. The second-order valence-electron chi connectivity index (χ2n) is 6.64. The number of anilines is 1. The van der Waals surface area contributed by atoms with E-state index in [4.69, 9.17) is 4.74 Å². The number of esters is 1. The van der Waals surface area contributed by atoms with Gasteiger partial charge in [-0.25, -0.2) is 13.2 Å². The average molecular weight is 452 g/mol. The minimum Gasteiger partial charge on any atom is -0.454 e. The number of Topliss-reactive ketones (excluding diaryl/α,β-unsaturated/α-hetero) is 1. The van der Waals surface area contributed by atoms with E-state index in [0.29, 0.717) is 11.3 Å².